The van der Waals surface area contributed by atoms with Crippen LogP contribution in [0.15, 0.2) is 23.1 Å². The maximum atomic E-state index is 14.2. The van der Waals surface area contributed by atoms with Gasteiger partial charge in [-0.2, -0.15) is 0 Å². The molecule has 2 fully saturated rings. The zero-order valence-corrected chi connectivity index (χ0v) is 19.6. The largest absolute Gasteiger partial charge is 0.503 e. The highest BCUT2D eigenvalue weighted by atomic mass is 35.5. The predicted molar refractivity (Wildman–Crippen MR) is 121 cm³/mol. The Morgan fingerprint density at radius 3 is 2.74 bits per heavy atom. The first kappa shape index (κ1) is 23.7. The average molecular weight is 508 g/mol. The normalized spacial score (nSPS) is 26.3. The van der Waals surface area contributed by atoms with E-state index in [1.807, 2.05) is 0 Å². The van der Waals surface area contributed by atoms with Gasteiger partial charge in [0.25, 0.3) is 11.8 Å². The first-order valence-electron chi connectivity index (χ1n) is 11.5. The van der Waals surface area contributed by atoms with Crippen LogP contribution in [0.2, 0.25) is 5.02 Å². The van der Waals surface area contributed by atoms with Crippen molar-refractivity contribution in [2.45, 2.75) is 38.4 Å². The Morgan fingerprint density at radius 2 is 2.03 bits per heavy atom. The average Bonchev–Trinajstić information content (AvgIpc) is 3.27. The lowest BCUT2D eigenvalue weighted by Crippen LogP contribution is -2.52. The number of benzene rings is 1. The molecule has 0 spiro atoms. The van der Waals surface area contributed by atoms with E-state index >= 15 is 0 Å². The number of aromatic hydroxyl groups is 1. The van der Waals surface area contributed by atoms with Gasteiger partial charge in [0, 0.05) is 31.5 Å². The maximum absolute atomic E-state index is 14.2. The molecule has 0 unspecified atom stereocenters. The summed E-state index contributed by atoms with van der Waals surface area (Å²) in [5.74, 6) is -3.05. The molecule has 1 aromatic carbocycles. The van der Waals surface area contributed by atoms with Gasteiger partial charge in [0.15, 0.2) is 11.4 Å². The number of halogens is 3. The molecule has 2 heterocycles. The van der Waals surface area contributed by atoms with Crippen molar-refractivity contribution in [3.05, 3.63) is 62.0 Å². The molecule has 0 bridgehead atoms. The van der Waals surface area contributed by atoms with Crippen molar-refractivity contribution in [2.24, 2.45) is 17.8 Å². The number of aliphatic hydroxyl groups excluding tert-OH is 1. The molecule has 35 heavy (non-hydrogen) atoms. The number of nitrogens with zero attached hydrogens (tertiary/aromatic N) is 2. The Balaban J connectivity index is 1.48. The maximum Gasteiger partial charge on any atom is 0.274 e. The molecule has 1 aliphatic heterocycles. The van der Waals surface area contributed by atoms with Crippen molar-refractivity contribution in [2.75, 3.05) is 13.2 Å². The Hall–Kier alpha value is -2.98. The van der Waals surface area contributed by atoms with Crippen LogP contribution >= 0.6 is 11.6 Å². The minimum atomic E-state index is -1.02. The monoisotopic (exact) mass is 507 g/mol. The molecule has 2 amide bonds. The van der Waals surface area contributed by atoms with Crippen molar-refractivity contribution in [1.82, 2.24) is 14.8 Å². The van der Waals surface area contributed by atoms with E-state index in [2.05, 4.69) is 12.2 Å². The first-order valence-corrected chi connectivity index (χ1v) is 11.9. The summed E-state index contributed by atoms with van der Waals surface area (Å²) in [6, 6.07) is 1.71. The Labute approximate surface area is 204 Å². The van der Waals surface area contributed by atoms with Crippen LogP contribution in [0.3, 0.4) is 0 Å². The van der Waals surface area contributed by atoms with Crippen molar-refractivity contribution in [1.29, 1.82) is 0 Å². The van der Waals surface area contributed by atoms with Gasteiger partial charge < -0.3 is 25.0 Å². The molecule has 186 valence electrons. The summed E-state index contributed by atoms with van der Waals surface area (Å²) in [5.41, 5.74) is -1.65. The summed E-state index contributed by atoms with van der Waals surface area (Å²) in [7, 11) is 0. The number of hydrogen-bond acceptors (Lipinski definition) is 5. The number of aromatic nitrogens is 1. The summed E-state index contributed by atoms with van der Waals surface area (Å²) in [6.45, 7) is 1.96. The number of carbonyl (C=O) groups excluding carboxylic acids is 2. The van der Waals surface area contributed by atoms with Gasteiger partial charge in [0.05, 0.1) is 12.1 Å². The lowest BCUT2D eigenvalue weighted by molar-refractivity contribution is 0.0477. The van der Waals surface area contributed by atoms with Crippen LogP contribution in [0.4, 0.5) is 8.78 Å². The van der Waals surface area contributed by atoms with Crippen LogP contribution in [-0.4, -0.2) is 50.7 Å². The van der Waals surface area contributed by atoms with E-state index in [0.29, 0.717) is 24.8 Å². The fourth-order valence-electron chi connectivity index (χ4n) is 5.87. The number of carbonyl (C=O) groups is 2. The Bertz CT molecular complexity index is 1300. The molecule has 2 saturated carbocycles. The highest BCUT2D eigenvalue weighted by molar-refractivity contribution is 6.30. The predicted octanol–water partition coefficient (Wildman–Crippen LogP) is 2.45. The SMILES string of the molecule is C[C@H]1[C@H]2C[C@@H]3[C@H]([C@@H]12)N(CCCO)C(=O)c1c(O)c(=O)c(C(=O)NCc2ccc(F)c(Cl)c2F)cn13. The van der Waals surface area contributed by atoms with Crippen LogP contribution in [0.25, 0.3) is 0 Å². The van der Waals surface area contributed by atoms with E-state index in [-0.39, 0.29) is 48.0 Å². The molecule has 3 aliphatic rings. The molecule has 2 aromatic rings. The molecule has 0 radical (unpaired) electrons. The number of hydrogen-bond donors (Lipinski definition) is 3. The summed E-state index contributed by atoms with van der Waals surface area (Å²) >= 11 is 5.58. The summed E-state index contributed by atoms with van der Waals surface area (Å²) in [4.78, 5) is 40.7. The van der Waals surface area contributed by atoms with E-state index in [9.17, 15) is 33.4 Å². The molecule has 11 heteroatoms. The Morgan fingerprint density at radius 1 is 1.29 bits per heavy atom. The van der Waals surface area contributed by atoms with Crippen LogP contribution < -0.4 is 10.7 Å². The minimum Gasteiger partial charge on any atom is -0.503 e. The molecular weight excluding hydrogens is 484 g/mol. The Kier molecular flexibility index (Phi) is 5.83. The summed E-state index contributed by atoms with van der Waals surface area (Å²) in [6.07, 6.45) is 2.39. The lowest BCUT2D eigenvalue weighted by Gasteiger charge is -2.42. The zero-order chi connectivity index (χ0) is 25.2. The topological polar surface area (TPSA) is 112 Å². The quantitative estimate of drug-likeness (QED) is 0.520. The number of fused-ring (bicyclic) bond motifs is 5. The zero-order valence-electron chi connectivity index (χ0n) is 18.8. The fourth-order valence-corrected chi connectivity index (χ4v) is 6.06. The molecule has 2 aliphatic carbocycles. The van der Waals surface area contributed by atoms with Crippen molar-refractivity contribution < 1.29 is 28.6 Å². The van der Waals surface area contributed by atoms with Crippen LogP contribution in [0.5, 0.6) is 5.75 Å². The van der Waals surface area contributed by atoms with Gasteiger partial charge in [0.1, 0.15) is 22.2 Å². The third kappa shape index (κ3) is 3.61. The van der Waals surface area contributed by atoms with Crippen LogP contribution in [0, 0.1) is 29.4 Å². The molecule has 5 rings (SSSR count). The second-order valence-corrected chi connectivity index (χ2v) is 9.84. The number of aliphatic hydroxyl groups is 1. The number of amides is 2. The molecule has 0 saturated heterocycles. The van der Waals surface area contributed by atoms with Crippen molar-refractivity contribution in [3.8, 4) is 5.75 Å². The summed E-state index contributed by atoms with van der Waals surface area (Å²) in [5, 5.41) is 21.7. The smallest absolute Gasteiger partial charge is 0.274 e. The standard InChI is InChI=1S/C24H24ClF2N3O5/c1-10-12-7-15-19(16(10)12)29(5-2-6-31)24(35)20-22(33)21(32)13(9-30(15)20)23(34)28-8-11-3-4-14(26)17(25)18(11)27/h3-4,9-10,12,15-16,19,31,33H,2,5-8H2,1H3,(H,28,34)/t10-,12+,15+,16-,19+/m0/s1. The number of rotatable bonds is 6. The number of nitrogens with one attached hydrogen (secondary N) is 1. The van der Waals surface area contributed by atoms with Crippen LogP contribution in [-0.2, 0) is 6.54 Å². The van der Waals surface area contributed by atoms with Gasteiger partial charge in [-0.25, -0.2) is 8.78 Å². The first-order chi connectivity index (χ1) is 16.7. The van der Waals surface area contributed by atoms with Gasteiger partial charge in [-0.1, -0.05) is 24.6 Å². The molecule has 3 N–H and O–H groups in total. The third-order valence-electron chi connectivity index (χ3n) is 7.69. The molecule has 8 nitrogen and oxygen atoms in total. The van der Waals surface area contributed by atoms with Crippen molar-refractivity contribution >= 4 is 23.4 Å². The van der Waals surface area contributed by atoms with Gasteiger partial charge >= 0.3 is 0 Å². The third-order valence-corrected chi connectivity index (χ3v) is 8.03. The minimum absolute atomic E-state index is 0.0772. The van der Waals surface area contributed by atoms with E-state index in [0.717, 1.165) is 18.6 Å². The van der Waals surface area contributed by atoms with Gasteiger partial charge in [-0.15, -0.1) is 0 Å². The molecule has 1 aromatic heterocycles. The second kappa shape index (κ2) is 8.60. The van der Waals surface area contributed by atoms with Gasteiger partial charge in [-0.05, 0) is 36.7 Å². The summed E-state index contributed by atoms with van der Waals surface area (Å²) < 4.78 is 29.1. The number of pyridine rings is 1. The van der Waals surface area contributed by atoms with E-state index in [4.69, 9.17) is 11.6 Å². The lowest BCUT2D eigenvalue weighted by atomic mass is 9.95. The fraction of sp³-hybridized carbons (Fsp3) is 0.458. The van der Waals surface area contributed by atoms with Crippen molar-refractivity contribution in [3.63, 3.8) is 0 Å². The molecule has 5 atom stereocenters. The molecular formula is C24H24ClF2N3O5. The second-order valence-electron chi connectivity index (χ2n) is 9.46. The highest BCUT2D eigenvalue weighted by Crippen LogP contribution is 2.63. The van der Waals surface area contributed by atoms with E-state index < -0.39 is 39.6 Å². The van der Waals surface area contributed by atoms with E-state index in [1.54, 1.807) is 4.90 Å². The van der Waals surface area contributed by atoms with Crippen LogP contribution in [0.1, 0.15) is 52.2 Å². The van der Waals surface area contributed by atoms with Gasteiger partial charge in [-0.3, -0.25) is 14.4 Å². The van der Waals surface area contributed by atoms with E-state index in [1.165, 1.54) is 10.8 Å². The highest BCUT2D eigenvalue weighted by Gasteiger charge is 2.64. The van der Waals surface area contributed by atoms with Gasteiger partial charge in [0.2, 0.25) is 5.43 Å².